The first-order valence-corrected chi connectivity index (χ1v) is 9.78. The summed E-state index contributed by atoms with van der Waals surface area (Å²) < 4.78 is 0. The maximum absolute atomic E-state index is 10.4. The number of benzene rings is 3. The first-order valence-electron chi connectivity index (χ1n) is 9.78. The standard InChI is InChI=1S/C26H19N3/c27-17-26(18-28)24(21-12-5-2-6-13-21)23(20-10-3-1-4-11-20)25-22-14-8-7-9-19(22)15-16-29(25)26/h1-16,23-25H/t23-,24-,25-/m1/s1. The van der Waals surface area contributed by atoms with Crippen molar-refractivity contribution in [2.75, 3.05) is 0 Å². The second kappa shape index (κ2) is 6.66. The van der Waals surface area contributed by atoms with Gasteiger partial charge in [-0.1, -0.05) is 84.9 Å². The zero-order valence-corrected chi connectivity index (χ0v) is 15.8. The van der Waals surface area contributed by atoms with Gasteiger partial charge in [0.15, 0.2) is 0 Å². The Hall–Kier alpha value is -3.82. The van der Waals surface area contributed by atoms with Crippen LogP contribution < -0.4 is 0 Å². The molecule has 1 fully saturated rings. The average Bonchev–Trinajstić information content (AvgIpc) is 3.11. The minimum absolute atomic E-state index is 0.0241. The largest absolute Gasteiger partial charge is 0.340 e. The van der Waals surface area contributed by atoms with Crippen molar-refractivity contribution in [1.29, 1.82) is 10.5 Å². The molecule has 138 valence electrons. The van der Waals surface area contributed by atoms with Crippen molar-refractivity contribution < 1.29 is 0 Å². The summed E-state index contributed by atoms with van der Waals surface area (Å²) >= 11 is 0. The van der Waals surface area contributed by atoms with E-state index in [1.54, 1.807) is 0 Å². The lowest BCUT2D eigenvalue weighted by molar-refractivity contribution is 0.255. The molecule has 5 rings (SSSR count). The molecule has 0 amide bonds. The number of nitrogens with zero attached hydrogens (tertiary/aromatic N) is 3. The molecule has 3 aromatic rings. The van der Waals surface area contributed by atoms with E-state index < -0.39 is 5.54 Å². The van der Waals surface area contributed by atoms with Gasteiger partial charge in [-0.15, -0.1) is 0 Å². The van der Waals surface area contributed by atoms with Gasteiger partial charge < -0.3 is 4.90 Å². The Labute approximate surface area is 170 Å². The molecular formula is C26H19N3. The van der Waals surface area contributed by atoms with Gasteiger partial charge in [-0.05, 0) is 28.3 Å². The smallest absolute Gasteiger partial charge is 0.222 e. The lowest BCUT2D eigenvalue weighted by Gasteiger charge is -2.35. The molecule has 3 atom stereocenters. The molecule has 3 aromatic carbocycles. The molecule has 0 unspecified atom stereocenters. The molecule has 1 saturated heterocycles. The minimum atomic E-state index is -1.28. The van der Waals surface area contributed by atoms with Crippen LogP contribution in [0.15, 0.2) is 91.1 Å². The zero-order valence-electron chi connectivity index (χ0n) is 15.8. The first-order chi connectivity index (χ1) is 14.3. The normalized spacial score (nSPS) is 23.5. The highest BCUT2D eigenvalue weighted by Gasteiger charge is 2.61. The molecule has 0 spiro atoms. The third-order valence-corrected chi connectivity index (χ3v) is 6.27. The second-order valence-electron chi connectivity index (χ2n) is 7.61. The predicted molar refractivity (Wildman–Crippen MR) is 112 cm³/mol. The maximum Gasteiger partial charge on any atom is 0.222 e. The van der Waals surface area contributed by atoms with E-state index in [4.69, 9.17) is 0 Å². The predicted octanol–water partition coefficient (Wildman–Crippen LogP) is 5.38. The van der Waals surface area contributed by atoms with Crippen molar-refractivity contribution in [2.45, 2.75) is 23.4 Å². The highest BCUT2D eigenvalue weighted by Crippen LogP contribution is 2.60. The zero-order chi connectivity index (χ0) is 19.8. The minimum Gasteiger partial charge on any atom is -0.340 e. The van der Waals surface area contributed by atoms with Crippen LogP contribution in [0.4, 0.5) is 0 Å². The van der Waals surface area contributed by atoms with E-state index in [9.17, 15) is 10.5 Å². The lowest BCUT2D eigenvalue weighted by Crippen LogP contribution is -2.43. The Morgan fingerprint density at radius 1 is 0.724 bits per heavy atom. The van der Waals surface area contributed by atoms with E-state index in [1.165, 1.54) is 0 Å². The molecule has 0 radical (unpaired) electrons. The van der Waals surface area contributed by atoms with Crippen LogP contribution in [0.2, 0.25) is 0 Å². The number of fused-ring (bicyclic) bond motifs is 3. The SMILES string of the molecule is N#CC1(C#N)[C@H](c2ccccc2)[C@@H](c2ccccc2)[C@H]2c3ccccc3C=CN21. The highest BCUT2D eigenvalue weighted by atomic mass is 15.3. The summed E-state index contributed by atoms with van der Waals surface area (Å²) in [5.41, 5.74) is 3.19. The van der Waals surface area contributed by atoms with Crippen LogP contribution in [-0.2, 0) is 0 Å². The van der Waals surface area contributed by atoms with E-state index in [-0.39, 0.29) is 17.9 Å². The van der Waals surface area contributed by atoms with E-state index >= 15 is 0 Å². The Balaban J connectivity index is 1.82. The summed E-state index contributed by atoms with van der Waals surface area (Å²) in [7, 11) is 0. The van der Waals surface area contributed by atoms with Crippen LogP contribution in [-0.4, -0.2) is 10.4 Å². The molecule has 2 heterocycles. The van der Waals surface area contributed by atoms with Gasteiger partial charge in [0.1, 0.15) is 12.1 Å². The van der Waals surface area contributed by atoms with Crippen LogP contribution in [0.25, 0.3) is 6.08 Å². The van der Waals surface area contributed by atoms with Gasteiger partial charge in [-0.2, -0.15) is 10.5 Å². The fourth-order valence-corrected chi connectivity index (χ4v) is 5.08. The van der Waals surface area contributed by atoms with Gasteiger partial charge in [0.2, 0.25) is 5.54 Å². The summed E-state index contributed by atoms with van der Waals surface area (Å²) in [5.74, 6) is -0.300. The van der Waals surface area contributed by atoms with Crippen LogP contribution in [0.3, 0.4) is 0 Å². The fourth-order valence-electron chi connectivity index (χ4n) is 5.08. The van der Waals surface area contributed by atoms with Gasteiger partial charge >= 0.3 is 0 Å². The first kappa shape index (κ1) is 17.3. The molecule has 0 bridgehead atoms. The van der Waals surface area contributed by atoms with E-state index in [0.717, 1.165) is 22.3 Å². The number of hydrogen-bond donors (Lipinski definition) is 0. The molecule has 2 aliphatic heterocycles. The summed E-state index contributed by atoms with van der Waals surface area (Å²) in [6.07, 6.45) is 3.96. The molecule has 0 aromatic heterocycles. The van der Waals surface area contributed by atoms with E-state index in [2.05, 4.69) is 36.4 Å². The summed E-state index contributed by atoms with van der Waals surface area (Å²) in [5, 5.41) is 20.7. The Morgan fingerprint density at radius 2 is 1.31 bits per heavy atom. The van der Waals surface area contributed by atoms with Gasteiger partial charge in [-0.3, -0.25) is 0 Å². The van der Waals surface area contributed by atoms with Crippen molar-refractivity contribution in [2.24, 2.45) is 0 Å². The molecule has 0 saturated carbocycles. The number of rotatable bonds is 2. The summed E-state index contributed by atoms with van der Waals surface area (Å²) in [4.78, 5) is 1.99. The molecule has 2 aliphatic rings. The van der Waals surface area contributed by atoms with Crippen LogP contribution in [0, 0.1) is 22.7 Å². The molecular weight excluding hydrogens is 354 g/mol. The topological polar surface area (TPSA) is 50.8 Å². The second-order valence-corrected chi connectivity index (χ2v) is 7.61. The van der Waals surface area contributed by atoms with Crippen molar-refractivity contribution >= 4 is 6.08 Å². The fraction of sp³-hybridized carbons (Fsp3) is 0.154. The van der Waals surface area contributed by atoms with Crippen molar-refractivity contribution in [3.05, 3.63) is 113 Å². The molecule has 0 N–H and O–H groups in total. The van der Waals surface area contributed by atoms with Gasteiger partial charge in [-0.25, -0.2) is 0 Å². The Morgan fingerprint density at radius 3 is 1.97 bits per heavy atom. The Kier molecular flexibility index (Phi) is 3.97. The third kappa shape index (κ3) is 2.42. The molecule has 3 heteroatoms. The average molecular weight is 373 g/mol. The maximum atomic E-state index is 10.4. The molecule has 0 aliphatic carbocycles. The summed E-state index contributed by atoms with van der Waals surface area (Å²) in [6.45, 7) is 0. The van der Waals surface area contributed by atoms with Crippen molar-refractivity contribution in [1.82, 2.24) is 4.90 Å². The van der Waals surface area contributed by atoms with E-state index in [0.29, 0.717) is 0 Å². The van der Waals surface area contributed by atoms with Crippen molar-refractivity contribution in [3.8, 4) is 12.1 Å². The van der Waals surface area contributed by atoms with Crippen LogP contribution >= 0.6 is 0 Å². The number of hydrogen-bond acceptors (Lipinski definition) is 3. The Bertz CT molecular complexity index is 1140. The highest BCUT2D eigenvalue weighted by molar-refractivity contribution is 5.62. The van der Waals surface area contributed by atoms with Gasteiger partial charge in [0, 0.05) is 18.0 Å². The monoisotopic (exact) mass is 373 g/mol. The molecule has 3 nitrogen and oxygen atoms in total. The van der Waals surface area contributed by atoms with Crippen LogP contribution in [0.5, 0.6) is 0 Å². The lowest BCUT2D eigenvalue weighted by atomic mass is 9.72. The quantitative estimate of drug-likeness (QED) is 0.606. The summed E-state index contributed by atoms with van der Waals surface area (Å²) in [6, 6.07) is 33.4. The van der Waals surface area contributed by atoms with Gasteiger partial charge in [0.25, 0.3) is 0 Å². The third-order valence-electron chi connectivity index (χ3n) is 6.27. The number of nitriles is 2. The van der Waals surface area contributed by atoms with Gasteiger partial charge in [0.05, 0.1) is 6.04 Å². The van der Waals surface area contributed by atoms with E-state index in [1.807, 2.05) is 77.8 Å². The van der Waals surface area contributed by atoms with Crippen molar-refractivity contribution in [3.63, 3.8) is 0 Å². The van der Waals surface area contributed by atoms with Crippen LogP contribution in [0.1, 0.15) is 40.1 Å². The molecule has 29 heavy (non-hydrogen) atoms.